The summed E-state index contributed by atoms with van der Waals surface area (Å²) >= 11 is 0. The highest BCUT2D eigenvalue weighted by atomic mass is 16.2. The van der Waals surface area contributed by atoms with Gasteiger partial charge in [0.2, 0.25) is 0 Å². The van der Waals surface area contributed by atoms with Crippen LogP contribution in [-0.4, -0.2) is 48.0 Å². The monoisotopic (exact) mass is 380 g/mol. The Morgan fingerprint density at radius 1 is 1.11 bits per heavy atom. The standard InChI is InChI=1S/C20H24N6O2/c1-14-12-17(23(2)21-14)19(27)25-11-7-8-15(13-25)18-22-24(3)20(28)26(18)16-9-5-4-6-10-16/h4-6,9-10,12,15H,7-8,11,13H2,1-3H3. The van der Waals surface area contributed by atoms with Crippen LogP contribution in [0.4, 0.5) is 0 Å². The maximum absolute atomic E-state index is 13.0. The van der Waals surface area contributed by atoms with E-state index < -0.39 is 0 Å². The fourth-order valence-corrected chi connectivity index (χ4v) is 3.91. The zero-order chi connectivity index (χ0) is 19.8. The number of nitrogens with zero attached hydrogens (tertiary/aromatic N) is 6. The van der Waals surface area contributed by atoms with Crippen molar-refractivity contribution < 1.29 is 4.79 Å². The number of carbonyl (C=O) groups excluding carboxylic acids is 1. The van der Waals surface area contributed by atoms with Gasteiger partial charge in [-0.1, -0.05) is 18.2 Å². The molecule has 0 N–H and O–H groups in total. The zero-order valence-electron chi connectivity index (χ0n) is 16.4. The number of piperidine rings is 1. The molecule has 8 heteroatoms. The van der Waals surface area contributed by atoms with E-state index in [1.54, 1.807) is 23.3 Å². The topological polar surface area (TPSA) is 78.0 Å². The number of aryl methyl sites for hydroxylation is 3. The van der Waals surface area contributed by atoms with Crippen molar-refractivity contribution in [2.75, 3.05) is 13.1 Å². The molecule has 0 bridgehead atoms. The van der Waals surface area contributed by atoms with Crippen LogP contribution in [-0.2, 0) is 14.1 Å². The summed E-state index contributed by atoms with van der Waals surface area (Å²) in [5.41, 5.74) is 2.02. The van der Waals surface area contributed by atoms with Gasteiger partial charge in [0.1, 0.15) is 11.5 Å². The minimum Gasteiger partial charge on any atom is -0.337 e. The lowest BCUT2D eigenvalue weighted by molar-refractivity contribution is 0.0692. The quantitative estimate of drug-likeness (QED) is 0.692. The largest absolute Gasteiger partial charge is 0.350 e. The van der Waals surface area contributed by atoms with E-state index in [-0.39, 0.29) is 17.5 Å². The van der Waals surface area contributed by atoms with Crippen LogP contribution in [0.5, 0.6) is 0 Å². The number of para-hydroxylation sites is 1. The van der Waals surface area contributed by atoms with Crippen LogP contribution in [0.25, 0.3) is 5.69 Å². The third-order valence-electron chi connectivity index (χ3n) is 5.26. The SMILES string of the molecule is Cc1cc(C(=O)N2CCCC(c3nn(C)c(=O)n3-c3ccccc3)C2)n(C)n1. The van der Waals surface area contributed by atoms with Crippen molar-refractivity contribution in [3.05, 3.63) is 64.1 Å². The van der Waals surface area contributed by atoms with Gasteiger partial charge in [-0.25, -0.2) is 14.0 Å². The number of hydrogen-bond donors (Lipinski definition) is 0. The Labute approximate surface area is 163 Å². The Kier molecular flexibility index (Phi) is 4.62. The second kappa shape index (κ2) is 7.10. The van der Waals surface area contributed by atoms with Crippen molar-refractivity contribution in [1.29, 1.82) is 0 Å². The Morgan fingerprint density at radius 2 is 1.86 bits per heavy atom. The van der Waals surface area contributed by atoms with Crippen molar-refractivity contribution in [2.45, 2.75) is 25.7 Å². The average molecular weight is 380 g/mol. The second-order valence-electron chi connectivity index (χ2n) is 7.32. The molecule has 8 nitrogen and oxygen atoms in total. The first-order chi connectivity index (χ1) is 13.5. The van der Waals surface area contributed by atoms with Crippen LogP contribution in [0.15, 0.2) is 41.2 Å². The van der Waals surface area contributed by atoms with Crippen molar-refractivity contribution in [1.82, 2.24) is 29.0 Å². The Hall–Kier alpha value is -3.16. The molecule has 28 heavy (non-hydrogen) atoms. The van der Waals surface area contributed by atoms with Gasteiger partial charge in [-0.05, 0) is 38.0 Å². The summed E-state index contributed by atoms with van der Waals surface area (Å²) in [7, 11) is 3.45. The molecule has 0 aliphatic carbocycles. The summed E-state index contributed by atoms with van der Waals surface area (Å²) in [6.45, 7) is 3.11. The molecular formula is C20H24N6O2. The lowest BCUT2D eigenvalue weighted by Crippen LogP contribution is -2.40. The molecule has 4 rings (SSSR count). The van der Waals surface area contributed by atoms with E-state index in [4.69, 9.17) is 0 Å². The molecule has 1 aromatic carbocycles. The van der Waals surface area contributed by atoms with E-state index in [0.717, 1.165) is 24.2 Å². The van der Waals surface area contributed by atoms with Crippen molar-refractivity contribution in [3.63, 3.8) is 0 Å². The number of amides is 1. The average Bonchev–Trinajstić information content (AvgIpc) is 3.20. The normalized spacial score (nSPS) is 17.1. The molecule has 1 atom stereocenters. The summed E-state index contributed by atoms with van der Waals surface area (Å²) in [5, 5.41) is 8.79. The predicted octanol–water partition coefficient (Wildman–Crippen LogP) is 1.63. The smallest absolute Gasteiger partial charge is 0.337 e. The molecule has 3 heterocycles. The van der Waals surface area contributed by atoms with E-state index in [0.29, 0.717) is 24.6 Å². The molecule has 1 amide bonds. The Balaban J connectivity index is 1.66. The summed E-state index contributed by atoms with van der Waals surface area (Å²) in [5.74, 6) is 0.677. The molecule has 1 fully saturated rings. The van der Waals surface area contributed by atoms with Crippen LogP contribution in [0.2, 0.25) is 0 Å². The zero-order valence-corrected chi connectivity index (χ0v) is 16.4. The molecule has 146 valence electrons. The van der Waals surface area contributed by atoms with E-state index in [1.807, 2.05) is 48.2 Å². The van der Waals surface area contributed by atoms with Gasteiger partial charge < -0.3 is 4.90 Å². The Bertz CT molecular complexity index is 1060. The molecule has 2 aromatic heterocycles. The van der Waals surface area contributed by atoms with Crippen molar-refractivity contribution in [3.8, 4) is 5.69 Å². The minimum absolute atomic E-state index is 0.00105. The lowest BCUT2D eigenvalue weighted by atomic mass is 9.96. The molecular weight excluding hydrogens is 356 g/mol. The van der Waals surface area contributed by atoms with Crippen LogP contribution in [0.3, 0.4) is 0 Å². The molecule has 3 aromatic rings. The number of likely N-dealkylation sites (tertiary alicyclic amines) is 1. The van der Waals surface area contributed by atoms with Crippen molar-refractivity contribution in [2.24, 2.45) is 14.1 Å². The lowest BCUT2D eigenvalue weighted by Gasteiger charge is -2.32. The molecule has 1 unspecified atom stereocenters. The minimum atomic E-state index is -0.174. The van der Waals surface area contributed by atoms with Gasteiger partial charge in [-0.15, -0.1) is 0 Å². The number of carbonyl (C=O) groups is 1. The first-order valence-corrected chi connectivity index (χ1v) is 9.47. The van der Waals surface area contributed by atoms with Gasteiger partial charge in [-0.3, -0.25) is 9.48 Å². The van der Waals surface area contributed by atoms with Crippen LogP contribution >= 0.6 is 0 Å². The van der Waals surface area contributed by atoms with Crippen LogP contribution < -0.4 is 5.69 Å². The highest BCUT2D eigenvalue weighted by Crippen LogP contribution is 2.27. The molecule has 0 spiro atoms. The first kappa shape index (κ1) is 18.2. The van der Waals surface area contributed by atoms with Crippen LogP contribution in [0, 0.1) is 6.92 Å². The summed E-state index contributed by atoms with van der Waals surface area (Å²) in [6.07, 6.45) is 1.75. The summed E-state index contributed by atoms with van der Waals surface area (Å²) in [6, 6.07) is 11.3. The first-order valence-electron chi connectivity index (χ1n) is 9.47. The number of benzene rings is 1. The van der Waals surface area contributed by atoms with E-state index in [9.17, 15) is 9.59 Å². The molecule has 1 aliphatic rings. The third-order valence-corrected chi connectivity index (χ3v) is 5.26. The van der Waals surface area contributed by atoms with Crippen LogP contribution in [0.1, 0.15) is 40.8 Å². The highest BCUT2D eigenvalue weighted by Gasteiger charge is 2.31. The van der Waals surface area contributed by atoms with Gasteiger partial charge in [0, 0.05) is 33.1 Å². The maximum atomic E-state index is 13.0. The van der Waals surface area contributed by atoms with Crippen molar-refractivity contribution >= 4 is 5.91 Å². The number of rotatable bonds is 3. The fourth-order valence-electron chi connectivity index (χ4n) is 3.91. The van der Waals surface area contributed by atoms with E-state index in [2.05, 4.69) is 10.2 Å². The Morgan fingerprint density at radius 3 is 2.54 bits per heavy atom. The van der Waals surface area contributed by atoms with E-state index in [1.165, 1.54) is 4.68 Å². The number of hydrogen-bond acceptors (Lipinski definition) is 4. The van der Waals surface area contributed by atoms with Gasteiger partial charge in [0.25, 0.3) is 5.91 Å². The number of aromatic nitrogens is 5. The van der Waals surface area contributed by atoms with Gasteiger partial charge in [-0.2, -0.15) is 10.2 Å². The summed E-state index contributed by atoms with van der Waals surface area (Å²) < 4.78 is 4.66. The summed E-state index contributed by atoms with van der Waals surface area (Å²) in [4.78, 5) is 27.5. The van der Waals surface area contributed by atoms with Gasteiger partial charge >= 0.3 is 5.69 Å². The fraction of sp³-hybridized carbons (Fsp3) is 0.400. The molecule has 1 saturated heterocycles. The van der Waals surface area contributed by atoms with Gasteiger partial charge in [0.05, 0.1) is 11.4 Å². The molecule has 0 radical (unpaired) electrons. The highest BCUT2D eigenvalue weighted by molar-refractivity contribution is 5.92. The maximum Gasteiger partial charge on any atom is 0.350 e. The molecule has 1 aliphatic heterocycles. The molecule has 0 saturated carbocycles. The second-order valence-corrected chi connectivity index (χ2v) is 7.32. The predicted molar refractivity (Wildman–Crippen MR) is 105 cm³/mol. The third kappa shape index (κ3) is 3.15. The van der Waals surface area contributed by atoms with Gasteiger partial charge in [0.15, 0.2) is 0 Å². The van der Waals surface area contributed by atoms with E-state index >= 15 is 0 Å².